The lowest BCUT2D eigenvalue weighted by Gasteiger charge is -2.05. The van der Waals surface area contributed by atoms with Crippen molar-refractivity contribution in [1.29, 1.82) is 0 Å². The summed E-state index contributed by atoms with van der Waals surface area (Å²) in [5.74, 6) is -1.48. The van der Waals surface area contributed by atoms with Crippen LogP contribution >= 0.6 is 27.3 Å². The zero-order valence-electron chi connectivity index (χ0n) is 9.93. The number of nitrogens with one attached hydrogen (secondary N) is 1. The van der Waals surface area contributed by atoms with Crippen LogP contribution in [0.15, 0.2) is 34.1 Å². The molecule has 1 heterocycles. The molecule has 0 radical (unpaired) electrons. The van der Waals surface area contributed by atoms with Gasteiger partial charge < -0.3 is 5.32 Å². The van der Waals surface area contributed by atoms with Gasteiger partial charge in [-0.3, -0.25) is 14.9 Å². The smallest absolute Gasteiger partial charge is 0.270 e. The summed E-state index contributed by atoms with van der Waals surface area (Å²) in [5.41, 5.74) is -0.666. The molecule has 104 valence electrons. The van der Waals surface area contributed by atoms with E-state index in [1.165, 1.54) is 11.3 Å². The van der Waals surface area contributed by atoms with E-state index in [2.05, 4.69) is 21.2 Å². The summed E-state index contributed by atoms with van der Waals surface area (Å²) in [5, 5.41) is 15.0. The summed E-state index contributed by atoms with van der Waals surface area (Å²) in [6.45, 7) is 0.221. The number of nitrogens with zero attached hydrogens (tertiary/aromatic N) is 1. The second-order valence-corrected chi connectivity index (χ2v) is 5.65. The number of hydrogen-bond acceptors (Lipinski definition) is 4. The van der Waals surface area contributed by atoms with Crippen molar-refractivity contribution in [2.45, 2.75) is 6.54 Å². The Morgan fingerprint density at radius 1 is 1.45 bits per heavy atom. The molecule has 1 aromatic heterocycles. The highest BCUT2D eigenvalue weighted by molar-refractivity contribution is 9.10. The summed E-state index contributed by atoms with van der Waals surface area (Å²) < 4.78 is 14.4. The molecule has 2 rings (SSSR count). The third-order valence-electron chi connectivity index (χ3n) is 2.51. The largest absolute Gasteiger partial charge is 0.347 e. The quantitative estimate of drug-likeness (QED) is 0.671. The SMILES string of the molecule is O=C(NCc1sccc1Br)c1cc([N+](=O)[O-])ccc1F. The predicted molar refractivity (Wildman–Crippen MR) is 76.2 cm³/mol. The van der Waals surface area contributed by atoms with E-state index >= 15 is 0 Å². The zero-order chi connectivity index (χ0) is 14.7. The van der Waals surface area contributed by atoms with E-state index in [0.717, 1.165) is 27.5 Å². The third kappa shape index (κ3) is 3.20. The lowest BCUT2D eigenvalue weighted by atomic mass is 10.1. The molecule has 0 aliphatic heterocycles. The van der Waals surface area contributed by atoms with Crippen molar-refractivity contribution in [3.05, 3.63) is 60.5 Å². The van der Waals surface area contributed by atoms with Crippen LogP contribution in [0.2, 0.25) is 0 Å². The number of non-ortho nitro benzene ring substituents is 1. The minimum absolute atomic E-state index is 0.221. The molecule has 0 atom stereocenters. The number of benzene rings is 1. The van der Waals surface area contributed by atoms with Gasteiger partial charge in [0.15, 0.2) is 0 Å². The van der Waals surface area contributed by atoms with Crippen LogP contribution in [0.3, 0.4) is 0 Å². The van der Waals surface area contributed by atoms with E-state index in [1.54, 1.807) is 0 Å². The predicted octanol–water partition coefficient (Wildman–Crippen LogP) is 3.49. The number of carbonyl (C=O) groups excluding carboxylic acids is 1. The lowest BCUT2D eigenvalue weighted by molar-refractivity contribution is -0.384. The minimum Gasteiger partial charge on any atom is -0.347 e. The molecule has 0 spiro atoms. The third-order valence-corrected chi connectivity index (χ3v) is 4.43. The fraction of sp³-hybridized carbons (Fsp3) is 0.0833. The molecule has 1 N–H and O–H groups in total. The first-order valence-electron chi connectivity index (χ1n) is 5.43. The standard InChI is InChI=1S/C12H8BrFN2O3S/c13-9-3-4-20-11(9)6-15-12(17)8-5-7(16(18)19)1-2-10(8)14/h1-5H,6H2,(H,15,17). The molecule has 20 heavy (non-hydrogen) atoms. The van der Waals surface area contributed by atoms with Crippen LogP contribution < -0.4 is 5.32 Å². The molecule has 0 bridgehead atoms. The first-order valence-corrected chi connectivity index (χ1v) is 7.10. The fourth-order valence-corrected chi connectivity index (χ4v) is 2.94. The van der Waals surface area contributed by atoms with Gasteiger partial charge >= 0.3 is 0 Å². The molecule has 0 aliphatic rings. The first kappa shape index (κ1) is 14.6. The van der Waals surface area contributed by atoms with Gasteiger partial charge in [-0.2, -0.15) is 0 Å². The Bertz CT molecular complexity index is 674. The average Bonchev–Trinajstić information content (AvgIpc) is 2.81. The number of thiophene rings is 1. The molecule has 5 nitrogen and oxygen atoms in total. The number of amides is 1. The topological polar surface area (TPSA) is 72.2 Å². The maximum Gasteiger partial charge on any atom is 0.270 e. The minimum atomic E-state index is -0.793. The maximum absolute atomic E-state index is 13.5. The van der Waals surface area contributed by atoms with Crippen molar-refractivity contribution in [2.75, 3.05) is 0 Å². The first-order chi connectivity index (χ1) is 9.49. The van der Waals surface area contributed by atoms with Gasteiger partial charge in [-0.15, -0.1) is 11.3 Å². The van der Waals surface area contributed by atoms with E-state index in [-0.39, 0.29) is 17.8 Å². The van der Waals surface area contributed by atoms with Gasteiger partial charge in [0.2, 0.25) is 0 Å². The lowest BCUT2D eigenvalue weighted by Crippen LogP contribution is -2.23. The molecule has 0 saturated heterocycles. The number of halogens is 2. The Kier molecular flexibility index (Phi) is 4.46. The Morgan fingerprint density at radius 3 is 2.80 bits per heavy atom. The molecule has 0 unspecified atom stereocenters. The number of nitro groups is 1. The van der Waals surface area contributed by atoms with Crippen molar-refractivity contribution in [2.24, 2.45) is 0 Å². The van der Waals surface area contributed by atoms with E-state index < -0.39 is 16.6 Å². The Hall–Kier alpha value is -1.80. The fourth-order valence-electron chi connectivity index (χ4n) is 1.51. The molecule has 1 aromatic carbocycles. The highest BCUT2D eigenvalue weighted by Crippen LogP contribution is 2.22. The Labute approximate surface area is 125 Å². The zero-order valence-corrected chi connectivity index (χ0v) is 12.3. The van der Waals surface area contributed by atoms with Crippen LogP contribution in [-0.4, -0.2) is 10.8 Å². The molecular weight excluding hydrogens is 351 g/mol. The van der Waals surface area contributed by atoms with Crippen molar-refractivity contribution in [3.8, 4) is 0 Å². The highest BCUT2D eigenvalue weighted by Gasteiger charge is 2.17. The summed E-state index contributed by atoms with van der Waals surface area (Å²) >= 11 is 4.75. The van der Waals surface area contributed by atoms with Crippen LogP contribution in [0, 0.1) is 15.9 Å². The second-order valence-electron chi connectivity index (χ2n) is 3.80. The molecule has 2 aromatic rings. The number of carbonyl (C=O) groups is 1. The molecule has 0 fully saturated rings. The van der Waals surface area contributed by atoms with Crippen LogP contribution in [0.1, 0.15) is 15.2 Å². The van der Waals surface area contributed by atoms with E-state index in [4.69, 9.17) is 0 Å². The van der Waals surface area contributed by atoms with Crippen LogP contribution in [-0.2, 0) is 6.54 Å². The monoisotopic (exact) mass is 358 g/mol. The normalized spacial score (nSPS) is 10.3. The maximum atomic E-state index is 13.5. The van der Waals surface area contributed by atoms with Crippen LogP contribution in [0.4, 0.5) is 10.1 Å². The van der Waals surface area contributed by atoms with Gasteiger partial charge in [-0.1, -0.05) is 0 Å². The Morgan fingerprint density at radius 2 is 2.20 bits per heavy atom. The van der Waals surface area contributed by atoms with E-state index in [9.17, 15) is 19.3 Å². The van der Waals surface area contributed by atoms with Crippen molar-refractivity contribution in [1.82, 2.24) is 5.32 Å². The summed E-state index contributed by atoms with van der Waals surface area (Å²) in [6, 6.07) is 4.68. The van der Waals surface area contributed by atoms with Gasteiger partial charge in [0.1, 0.15) is 5.82 Å². The van der Waals surface area contributed by atoms with E-state index in [0.29, 0.717) is 0 Å². The van der Waals surface area contributed by atoms with Gasteiger partial charge in [0.05, 0.1) is 17.0 Å². The van der Waals surface area contributed by atoms with Crippen molar-refractivity contribution in [3.63, 3.8) is 0 Å². The van der Waals surface area contributed by atoms with Crippen LogP contribution in [0.5, 0.6) is 0 Å². The molecule has 0 aliphatic carbocycles. The van der Waals surface area contributed by atoms with Gasteiger partial charge in [-0.05, 0) is 33.4 Å². The molecule has 0 saturated carbocycles. The highest BCUT2D eigenvalue weighted by atomic mass is 79.9. The summed E-state index contributed by atoms with van der Waals surface area (Å²) in [6.07, 6.45) is 0. The van der Waals surface area contributed by atoms with Crippen molar-refractivity contribution < 1.29 is 14.1 Å². The molecule has 8 heteroatoms. The Balaban J connectivity index is 2.15. The van der Waals surface area contributed by atoms with Crippen LogP contribution in [0.25, 0.3) is 0 Å². The second kappa shape index (κ2) is 6.10. The number of hydrogen-bond donors (Lipinski definition) is 1. The van der Waals surface area contributed by atoms with Gasteiger partial charge in [0.25, 0.3) is 11.6 Å². The summed E-state index contributed by atoms with van der Waals surface area (Å²) in [4.78, 5) is 22.7. The molecule has 1 amide bonds. The molecular formula is C12H8BrFN2O3S. The number of rotatable bonds is 4. The van der Waals surface area contributed by atoms with Crippen molar-refractivity contribution >= 4 is 38.9 Å². The average molecular weight is 359 g/mol. The van der Waals surface area contributed by atoms with E-state index in [1.807, 2.05) is 11.4 Å². The van der Waals surface area contributed by atoms with Gasteiger partial charge in [0, 0.05) is 21.5 Å². The summed E-state index contributed by atoms with van der Waals surface area (Å²) in [7, 11) is 0. The van der Waals surface area contributed by atoms with Gasteiger partial charge in [-0.25, -0.2) is 4.39 Å². The number of nitro benzene ring substituents is 1.